The Labute approximate surface area is 293 Å². The molecule has 258 valence electrons. The molecule has 2 aliphatic rings. The monoisotopic (exact) mass is 682 g/mol. The molecule has 2 unspecified atom stereocenters. The number of amides is 3. The van der Waals surface area contributed by atoms with E-state index in [4.69, 9.17) is 11.5 Å². The summed E-state index contributed by atoms with van der Waals surface area (Å²) >= 11 is 0. The van der Waals surface area contributed by atoms with Crippen LogP contribution in [0.5, 0.6) is 0 Å². The Morgan fingerprint density at radius 2 is 1.12 bits per heavy atom. The van der Waals surface area contributed by atoms with Crippen LogP contribution in [-0.2, 0) is 18.9 Å². The molecule has 0 aliphatic carbocycles. The Kier molecular flexibility index (Phi) is 7.44. The van der Waals surface area contributed by atoms with Crippen molar-refractivity contribution in [2.45, 2.75) is 25.7 Å². The van der Waals surface area contributed by atoms with Crippen molar-refractivity contribution < 1.29 is 14.4 Å². The first-order valence-electron chi connectivity index (χ1n) is 16.9. The van der Waals surface area contributed by atoms with E-state index in [1.807, 2.05) is 60.7 Å². The Morgan fingerprint density at radius 3 is 1.61 bits per heavy atom. The standard InChI is InChI=1S/C38H38N10O3/c1-20-18-47(30-13-26(39)22-9-5-7-11-24(22)35(20)30)37(50)28-15-32(45(3)43-28)41-17-34(49)42-33-16-29(44-46(33)4)38(51)48-19-21(2)36-25-12-8-6-10-23(25)27(40)14-31(36)48/h5-16,20-21,41H,17-19,39-40H2,1-4H3,(H,42,49). The number of aromatic nitrogens is 4. The molecule has 2 aromatic heterocycles. The van der Waals surface area contributed by atoms with Gasteiger partial charge in [0.05, 0.1) is 17.9 Å². The molecule has 0 bridgehead atoms. The number of aryl methyl sites for hydroxylation is 2. The minimum absolute atomic E-state index is 0.111. The Morgan fingerprint density at radius 1 is 0.686 bits per heavy atom. The number of benzene rings is 4. The second kappa shape index (κ2) is 11.9. The van der Waals surface area contributed by atoms with Gasteiger partial charge in [-0.15, -0.1) is 0 Å². The van der Waals surface area contributed by atoms with Crippen molar-refractivity contribution in [2.24, 2.45) is 14.1 Å². The zero-order valence-corrected chi connectivity index (χ0v) is 28.8. The lowest BCUT2D eigenvalue weighted by Gasteiger charge is -2.17. The number of carbonyl (C=O) groups excluding carboxylic acids is 3. The van der Waals surface area contributed by atoms with Gasteiger partial charge in [0.2, 0.25) is 5.91 Å². The molecule has 4 heterocycles. The molecule has 8 rings (SSSR count). The molecule has 4 aromatic carbocycles. The lowest BCUT2D eigenvalue weighted by Crippen LogP contribution is -2.30. The van der Waals surface area contributed by atoms with Gasteiger partial charge < -0.3 is 31.9 Å². The predicted molar refractivity (Wildman–Crippen MR) is 200 cm³/mol. The molecular weight excluding hydrogens is 644 g/mol. The van der Waals surface area contributed by atoms with Crippen LogP contribution in [0, 0.1) is 0 Å². The molecule has 0 saturated heterocycles. The molecule has 0 saturated carbocycles. The van der Waals surface area contributed by atoms with Crippen LogP contribution in [0.1, 0.15) is 57.8 Å². The van der Waals surface area contributed by atoms with Crippen molar-refractivity contribution in [1.29, 1.82) is 0 Å². The summed E-state index contributed by atoms with van der Waals surface area (Å²) in [6.07, 6.45) is 0. The van der Waals surface area contributed by atoms with E-state index in [9.17, 15) is 14.4 Å². The normalized spacial score (nSPS) is 16.5. The van der Waals surface area contributed by atoms with Crippen LogP contribution in [0.3, 0.4) is 0 Å². The second-order valence-electron chi connectivity index (χ2n) is 13.5. The van der Waals surface area contributed by atoms with E-state index >= 15 is 0 Å². The average molecular weight is 683 g/mol. The van der Waals surface area contributed by atoms with E-state index in [-0.39, 0.29) is 47.5 Å². The summed E-state index contributed by atoms with van der Waals surface area (Å²) in [5.74, 6) is 0.203. The van der Waals surface area contributed by atoms with E-state index in [1.165, 1.54) is 9.36 Å². The summed E-state index contributed by atoms with van der Waals surface area (Å²) in [4.78, 5) is 44.0. The number of nitrogens with one attached hydrogen (secondary N) is 2. The maximum atomic E-state index is 13.8. The van der Waals surface area contributed by atoms with Crippen molar-refractivity contribution in [3.8, 4) is 0 Å². The van der Waals surface area contributed by atoms with Gasteiger partial charge in [0.25, 0.3) is 11.8 Å². The summed E-state index contributed by atoms with van der Waals surface area (Å²) in [5.41, 5.74) is 18.2. The fourth-order valence-corrected chi connectivity index (χ4v) is 7.68. The molecule has 6 aromatic rings. The van der Waals surface area contributed by atoms with Crippen LogP contribution in [0.25, 0.3) is 21.5 Å². The first-order chi connectivity index (χ1) is 24.5. The van der Waals surface area contributed by atoms with Crippen molar-refractivity contribution in [3.05, 3.63) is 95.3 Å². The third-order valence-electron chi connectivity index (χ3n) is 10.1. The van der Waals surface area contributed by atoms with E-state index in [1.54, 1.807) is 36.0 Å². The van der Waals surface area contributed by atoms with E-state index in [0.717, 1.165) is 44.0 Å². The minimum atomic E-state index is -0.366. The first kappa shape index (κ1) is 31.9. The summed E-state index contributed by atoms with van der Waals surface area (Å²) in [5, 5.41) is 18.8. The van der Waals surface area contributed by atoms with Gasteiger partial charge in [-0.25, -0.2) is 0 Å². The Balaban J connectivity index is 0.946. The number of rotatable bonds is 6. The van der Waals surface area contributed by atoms with Gasteiger partial charge >= 0.3 is 0 Å². The summed E-state index contributed by atoms with van der Waals surface area (Å²) in [6.45, 7) is 5.08. The van der Waals surface area contributed by atoms with Gasteiger partial charge in [0.1, 0.15) is 11.6 Å². The number of nitrogens with two attached hydrogens (primary N) is 2. The van der Waals surface area contributed by atoms with Crippen molar-refractivity contribution >= 4 is 73.7 Å². The number of hydrogen-bond acceptors (Lipinski definition) is 8. The molecule has 51 heavy (non-hydrogen) atoms. The highest BCUT2D eigenvalue weighted by atomic mass is 16.2. The van der Waals surface area contributed by atoms with Crippen LogP contribution in [0.4, 0.5) is 34.4 Å². The quantitative estimate of drug-likeness (QED) is 0.174. The Bertz CT molecular complexity index is 2430. The molecule has 13 nitrogen and oxygen atoms in total. The highest BCUT2D eigenvalue weighted by Gasteiger charge is 2.35. The number of hydrogen-bond donors (Lipinski definition) is 4. The summed E-state index contributed by atoms with van der Waals surface area (Å²) in [6, 6.07) is 22.8. The number of anilines is 6. The molecule has 0 spiro atoms. The maximum Gasteiger partial charge on any atom is 0.278 e. The Hall–Kier alpha value is -6.37. The highest BCUT2D eigenvalue weighted by molar-refractivity contribution is 6.12. The smallest absolute Gasteiger partial charge is 0.278 e. The number of nitrogens with zero attached hydrogens (tertiary/aromatic N) is 6. The summed E-state index contributed by atoms with van der Waals surface area (Å²) in [7, 11) is 3.37. The number of carbonyl (C=O) groups is 3. The van der Waals surface area contributed by atoms with Crippen LogP contribution < -0.4 is 31.9 Å². The first-order valence-corrected chi connectivity index (χ1v) is 16.9. The molecular formula is C38H38N10O3. The van der Waals surface area contributed by atoms with E-state index in [0.29, 0.717) is 36.1 Å². The molecule has 3 amide bonds. The minimum Gasteiger partial charge on any atom is -0.398 e. The number of nitrogen functional groups attached to an aromatic ring is 2. The third-order valence-corrected chi connectivity index (χ3v) is 10.1. The van der Waals surface area contributed by atoms with Crippen LogP contribution in [0.2, 0.25) is 0 Å². The van der Waals surface area contributed by atoms with Crippen molar-refractivity contribution in [1.82, 2.24) is 19.6 Å². The lowest BCUT2D eigenvalue weighted by atomic mass is 9.95. The zero-order chi connectivity index (χ0) is 35.7. The van der Waals surface area contributed by atoms with Gasteiger partial charge in [-0.1, -0.05) is 62.4 Å². The number of fused-ring (bicyclic) bond motifs is 6. The lowest BCUT2D eigenvalue weighted by molar-refractivity contribution is -0.114. The average Bonchev–Trinajstić information content (AvgIpc) is 3.86. The van der Waals surface area contributed by atoms with Crippen molar-refractivity contribution in [3.63, 3.8) is 0 Å². The molecule has 6 N–H and O–H groups in total. The van der Waals surface area contributed by atoms with Gasteiger partial charge in [-0.3, -0.25) is 23.7 Å². The zero-order valence-electron chi connectivity index (χ0n) is 28.8. The van der Waals surface area contributed by atoms with Gasteiger partial charge in [-0.2, -0.15) is 10.2 Å². The molecule has 2 atom stereocenters. The molecule has 2 aliphatic heterocycles. The molecule has 0 fully saturated rings. The van der Waals surface area contributed by atoms with Crippen LogP contribution >= 0.6 is 0 Å². The fourth-order valence-electron chi connectivity index (χ4n) is 7.68. The van der Waals surface area contributed by atoms with Crippen molar-refractivity contribution in [2.75, 3.05) is 51.5 Å². The maximum absolute atomic E-state index is 13.8. The van der Waals surface area contributed by atoms with Gasteiger partial charge in [0.15, 0.2) is 11.4 Å². The van der Waals surface area contributed by atoms with E-state index in [2.05, 4.69) is 34.7 Å². The second-order valence-corrected chi connectivity index (χ2v) is 13.5. The third kappa shape index (κ3) is 5.20. The van der Waals surface area contributed by atoms with E-state index < -0.39 is 0 Å². The molecule has 13 heteroatoms. The molecule has 0 radical (unpaired) electrons. The predicted octanol–water partition coefficient (Wildman–Crippen LogP) is 5.20. The van der Waals surface area contributed by atoms with Crippen LogP contribution in [0.15, 0.2) is 72.8 Å². The SMILES string of the molecule is CC1CN(C(=O)c2cc(NCC(=O)Nc3cc(C(=O)N4CC(C)c5c4cc(N)c4ccccc54)nn3C)n(C)n2)c2cc(N)c3ccccc3c21. The summed E-state index contributed by atoms with van der Waals surface area (Å²) < 4.78 is 2.99. The highest BCUT2D eigenvalue weighted by Crippen LogP contribution is 2.45. The largest absolute Gasteiger partial charge is 0.398 e. The topological polar surface area (TPSA) is 169 Å². The van der Waals surface area contributed by atoms with Gasteiger partial charge in [-0.05, 0) is 34.0 Å². The van der Waals surface area contributed by atoms with Gasteiger partial charge in [0, 0.05) is 73.3 Å². The fraction of sp³-hybridized carbons (Fsp3) is 0.237. The van der Waals surface area contributed by atoms with Crippen LogP contribution in [-0.4, -0.2) is 56.9 Å².